The minimum Gasteiger partial charge on any atom is -0.326 e. The van der Waals surface area contributed by atoms with Crippen molar-refractivity contribution >= 4 is 23.2 Å². The number of hydrogen-bond acceptors (Lipinski definition) is 1. The number of benzene rings is 2. The summed E-state index contributed by atoms with van der Waals surface area (Å²) in [5.41, 5.74) is 1.00. The number of nitrogens with one attached hydrogen (secondary N) is 1. The van der Waals surface area contributed by atoms with Crippen LogP contribution in [0.25, 0.3) is 0 Å². The third-order valence-corrected chi connectivity index (χ3v) is 2.73. The molecule has 2 aromatic rings. The standard InChI is InChI=1S/C14H10ClF2NO/c15-10-3-1-9(2-4-10)7-14(19)18-11-5-6-12(16)13(17)8-11/h1-6,8H,7H2,(H,18,19). The van der Waals surface area contributed by atoms with Crippen molar-refractivity contribution in [3.05, 3.63) is 64.7 Å². The minimum absolute atomic E-state index is 0.135. The highest BCUT2D eigenvalue weighted by Crippen LogP contribution is 2.14. The maximum atomic E-state index is 13.0. The maximum absolute atomic E-state index is 13.0. The average molecular weight is 282 g/mol. The molecule has 1 N–H and O–H groups in total. The molecule has 5 heteroatoms. The van der Waals surface area contributed by atoms with Crippen LogP contribution in [0.15, 0.2) is 42.5 Å². The van der Waals surface area contributed by atoms with Gasteiger partial charge in [-0.1, -0.05) is 23.7 Å². The second kappa shape index (κ2) is 5.80. The zero-order valence-electron chi connectivity index (χ0n) is 9.79. The molecule has 2 rings (SSSR count). The van der Waals surface area contributed by atoms with E-state index in [-0.39, 0.29) is 18.0 Å². The summed E-state index contributed by atoms with van der Waals surface area (Å²) in [7, 11) is 0. The van der Waals surface area contributed by atoms with Crippen LogP contribution in [-0.2, 0) is 11.2 Å². The molecule has 2 aromatic carbocycles. The summed E-state index contributed by atoms with van der Waals surface area (Å²) in [5.74, 6) is -2.26. The Morgan fingerprint density at radius 3 is 2.37 bits per heavy atom. The molecule has 0 unspecified atom stereocenters. The summed E-state index contributed by atoms with van der Waals surface area (Å²) < 4.78 is 25.7. The topological polar surface area (TPSA) is 29.1 Å². The van der Waals surface area contributed by atoms with Crippen molar-refractivity contribution in [1.29, 1.82) is 0 Å². The van der Waals surface area contributed by atoms with E-state index < -0.39 is 11.6 Å². The van der Waals surface area contributed by atoms with E-state index in [1.807, 2.05) is 0 Å². The summed E-state index contributed by atoms with van der Waals surface area (Å²) in [6, 6.07) is 10.0. The van der Waals surface area contributed by atoms with Crippen LogP contribution in [-0.4, -0.2) is 5.91 Å². The molecule has 0 aliphatic rings. The molecule has 1 amide bonds. The van der Waals surface area contributed by atoms with Gasteiger partial charge in [0.25, 0.3) is 0 Å². The number of rotatable bonds is 3. The minimum atomic E-state index is -0.996. The van der Waals surface area contributed by atoms with Gasteiger partial charge >= 0.3 is 0 Å². The quantitative estimate of drug-likeness (QED) is 0.911. The van der Waals surface area contributed by atoms with Gasteiger partial charge < -0.3 is 5.32 Å². The molecule has 0 atom stereocenters. The molecule has 0 spiro atoms. The van der Waals surface area contributed by atoms with Crippen LogP contribution in [0.1, 0.15) is 5.56 Å². The van der Waals surface area contributed by atoms with Gasteiger partial charge in [0.1, 0.15) is 0 Å². The highest BCUT2D eigenvalue weighted by Gasteiger charge is 2.07. The summed E-state index contributed by atoms with van der Waals surface area (Å²) in [6.07, 6.45) is 0.135. The third-order valence-electron chi connectivity index (χ3n) is 2.48. The summed E-state index contributed by atoms with van der Waals surface area (Å²) in [5, 5.41) is 3.08. The Morgan fingerprint density at radius 2 is 1.74 bits per heavy atom. The smallest absolute Gasteiger partial charge is 0.228 e. The summed E-state index contributed by atoms with van der Waals surface area (Å²) in [6.45, 7) is 0. The molecule has 0 aliphatic heterocycles. The first-order valence-electron chi connectivity index (χ1n) is 5.54. The SMILES string of the molecule is O=C(Cc1ccc(Cl)cc1)Nc1ccc(F)c(F)c1. The largest absolute Gasteiger partial charge is 0.326 e. The fourth-order valence-electron chi connectivity index (χ4n) is 1.57. The van der Waals surface area contributed by atoms with Gasteiger partial charge in [0.15, 0.2) is 11.6 Å². The van der Waals surface area contributed by atoms with Crippen molar-refractivity contribution < 1.29 is 13.6 Å². The molecule has 98 valence electrons. The molecule has 0 heterocycles. The lowest BCUT2D eigenvalue weighted by molar-refractivity contribution is -0.115. The Hall–Kier alpha value is -1.94. The lowest BCUT2D eigenvalue weighted by Gasteiger charge is -2.06. The van der Waals surface area contributed by atoms with Crippen molar-refractivity contribution in [1.82, 2.24) is 0 Å². The van der Waals surface area contributed by atoms with Crippen LogP contribution in [0.4, 0.5) is 14.5 Å². The van der Waals surface area contributed by atoms with E-state index in [1.165, 1.54) is 6.07 Å². The van der Waals surface area contributed by atoms with E-state index in [4.69, 9.17) is 11.6 Å². The third kappa shape index (κ3) is 3.76. The van der Waals surface area contributed by atoms with Crippen LogP contribution < -0.4 is 5.32 Å². The molecule has 19 heavy (non-hydrogen) atoms. The van der Waals surface area contributed by atoms with E-state index in [0.717, 1.165) is 17.7 Å². The molecule has 2 nitrogen and oxygen atoms in total. The first kappa shape index (κ1) is 13.5. The Kier molecular flexibility index (Phi) is 4.12. The number of anilines is 1. The fraction of sp³-hybridized carbons (Fsp3) is 0.0714. The van der Waals surface area contributed by atoms with Gasteiger partial charge in [-0.2, -0.15) is 0 Å². The van der Waals surface area contributed by atoms with Crippen LogP contribution >= 0.6 is 11.6 Å². The van der Waals surface area contributed by atoms with Gasteiger partial charge in [-0.25, -0.2) is 8.78 Å². The van der Waals surface area contributed by atoms with E-state index in [2.05, 4.69) is 5.32 Å². The van der Waals surface area contributed by atoms with Gasteiger partial charge in [-0.3, -0.25) is 4.79 Å². The van der Waals surface area contributed by atoms with Gasteiger partial charge in [0, 0.05) is 16.8 Å². The van der Waals surface area contributed by atoms with E-state index in [1.54, 1.807) is 24.3 Å². The normalized spacial score (nSPS) is 10.3. The summed E-state index contributed by atoms with van der Waals surface area (Å²) in [4.78, 5) is 11.7. The molecular weight excluding hydrogens is 272 g/mol. The van der Waals surface area contributed by atoms with Crippen molar-refractivity contribution in [2.24, 2.45) is 0 Å². The van der Waals surface area contributed by atoms with E-state index >= 15 is 0 Å². The molecule has 0 fully saturated rings. The predicted octanol–water partition coefficient (Wildman–Crippen LogP) is 3.80. The van der Waals surface area contributed by atoms with Gasteiger partial charge in [0.2, 0.25) is 5.91 Å². The second-order valence-corrected chi connectivity index (χ2v) is 4.42. The van der Waals surface area contributed by atoms with Crippen molar-refractivity contribution in [3.63, 3.8) is 0 Å². The Labute approximate surface area is 114 Å². The van der Waals surface area contributed by atoms with E-state index in [0.29, 0.717) is 5.02 Å². The van der Waals surface area contributed by atoms with Crippen LogP contribution in [0, 0.1) is 11.6 Å². The lowest BCUT2D eigenvalue weighted by Crippen LogP contribution is -2.14. The van der Waals surface area contributed by atoms with E-state index in [9.17, 15) is 13.6 Å². The Balaban J connectivity index is 2.01. The number of amides is 1. The van der Waals surface area contributed by atoms with Gasteiger partial charge in [-0.15, -0.1) is 0 Å². The highest BCUT2D eigenvalue weighted by atomic mass is 35.5. The molecule has 0 saturated carbocycles. The molecule has 0 bridgehead atoms. The molecule has 0 radical (unpaired) electrons. The van der Waals surface area contributed by atoms with Crippen LogP contribution in [0.3, 0.4) is 0 Å². The monoisotopic (exact) mass is 281 g/mol. The maximum Gasteiger partial charge on any atom is 0.228 e. The Morgan fingerprint density at radius 1 is 1.05 bits per heavy atom. The molecular formula is C14H10ClF2NO. The fourth-order valence-corrected chi connectivity index (χ4v) is 1.69. The molecule has 0 aromatic heterocycles. The lowest BCUT2D eigenvalue weighted by atomic mass is 10.1. The number of halogens is 3. The van der Waals surface area contributed by atoms with Crippen LogP contribution in [0.5, 0.6) is 0 Å². The summed E-state index contributed by atoms with van der Waals surface area (Å²) >= 11 is 5.73. The predicted molar refractivity (Wildman–Crippen MR) is 70.1 cm³/mol. The van der Waals surface area contributed by atoms with Crippen molar-refractivity contribution in [2.45, 2.75) is 6.42 Å². The number of hydrogen-bond donors (Lipinski definition) is 1. The molecule has 0 saturated heterocycles. The zero-order chi connectivity index (χ0) is 13.8. The number of carbonyl (C=O) groups excluding carboxylic acids is 1. The van der Waals surface area contributed by atoms with Crippen molar-refractivity contribution in [2.75, 3.05) is 5.32 Å². The Bertz CT molecular complexity index is 599. The number of carbonyl (C=O) groups is 1. The van der Waals surface area contributed by atoms with Crippen LogP contribution in [0.2, 0.25) is 5.02 Å². The first-order valence-corrected chi connectivity index (χ1v) is 5.92. The molecule has 0 aliphatic carbocycles. The zero-order valence-corrected chi connectivity index (χ0v) is 10.5. The highest BCUT2D eigenvalue weighted by molar-refractivity contribution is 6.30. The van der Waals surface area contributed by atoms with Crippen molar-refractivity contribution in [3.8, 4) is 0 Å². The average Bonchev–Trinajstić information content (AvgIpc) is 2.37. The first-order chi connectivity index (χ1) is 9.04. The van der Waals surface area contributed by atoms with Gasteiger partial charge in [0.05, 0.1) is 6.42 Å². The second-order valence-electron chi connectivity index (χ2n) is 3.98. The van der Waals surface area contributed by atoms with Gasteiger partial charge in [-0.05, 0) is 29.8 Å².